The smallest absolute Gasteiger partial charge is 0.264 e. The molecule has 32 heavy (non-hydrogen) atoms. The van der Waals surface area contributed by atoms with E-state index >= 15 is 0 Å². The molecule has 9 heteroatoms. The molecule has 0 bridgehead atoms. The summed E-state index contributed by atoms with van der Waals surface area (Å²) in [6, 6.07) is 18.6. The van der Waals surface area contributed by atoms with Gasteiger partial charge >= 0.3 is 0 Å². The fraction of sp³-hybridized carbons (Fsp3) is 0.174. The van der Waals surface area contributed by atoms with Crippen LogP contribution in [-0.2, 0) is 21.2 Å². The highest BCUT2D eigenvalue weighted by Gasteiger charge is 2.27. The van der Waals surface area contributed by atoms with Crippen molar-refractivity contribution in [2.45, 2.75) is 11.3 Å². The van der Waals surface area contributed by atoms with Crippen LogP contribution in [-0.4, -0.2) is 34.5 Å². The molecule has 0 aromatic heterocycles. The molecule has 0 spiro atoms. The molecule has 3 aromatic carbocycles. The number of carbonyl (C=O) groups excluding carboxylic acids is 1. The Kier molecular flexibility index (Phi) is 7.71. The monoisotopic (exact) mass is 476 g/mol. The van der Waals surface area contributed by atoms with Gasteiger partial charge in [-0.1, -0.05) is 41.9 Å². The Hall–Kier alpha value is -3.10. The van der Waals surface area contributed by atoms with Gasteiger partial charge in [0.1, 0.15) is 18.1 Å². The molecule has 0 saturated carbocycles. The van der Waals surface area contributed by atoms with Crippen LogP contribution in [0.5, 0.6) is 5.75 Å². The molecular weight excluding hydrogens is 455 g/mol. The molecule has 0 aliphatic rings. The molecule has 3 rings (SSSR count). The minimum atomic E-state index is -4.09. The molecular formula is C23H22ClFN2O4S. The highest BCUT2D eigenvalue weighted by Crippen LogP contribution is 2.27. The van der Waals surface area contributed by atoms with Crippen molar-refractivity contribution < 1.29 is 22.3 Å². The van der Waals surface area contributed by atoms with Crippen molar-refractivity contribution >= 4 is 33.2 Å². The number of benzene rings is 3. The molecule has 3 aromatic rings. The lowest BCUT2D eigenvalue weighted by Gasteiger charge is -2.24. The normalized spacial score (nSPS) is 11.1. The van der Waals surface area contributed by atoms with Crippen LogP contribution >= 0.6 is 11.6 Å². The highest BCUT2D eigenvalue weighted by molar-refractivity contribution is 7.92. The number of halogens is 2. The number of nitrogens with one attached hydrogen (secondary N) is 1. The summed E-state index contributed by atoms with van der Waals surface area (Å²) in [6.45, 7) is -0.170. The average molecular weight is 477 g/mol. The fourth-order valence-electron chi connectivity index (χ4n) is 3.00. The number of amides is 1. The van der Waals surface area contributed by atoms with Gasteiger partial charge in [0.25, 0.3) is 10.0 Å². The van der Waals surface area contributed by atoms with Crippen molar-refractivity contribution in [3.63, 3.8) is 0 Å². The van der Waals surface area contributed by atoms with Gasteiger partial charge in [-0.05, 0) is 54.4 Å². The summed E-state index contributed by atoms with van der Waals surface area (Å²) in [7, 11) is -2.50. The SMILES string of the molecule is COc1ccc(CCNC(=O)CN(c2ccc(F)c(Cl)c2)S(=O)(=O)c2ccccc2)cc1. The number of ether oxygens (including phenoxy) is 1. The molecule has 0 fully saturated rings. The minimum absolute atomic E-state index is 0.00600. The lowest BCUT2D eigenvalue weighted by Crippen LogP contribution is -2.41. The van der Waals surface area contributed by atoms with Crippen LogP contribution in [0.2, 0.25) is 5.02 Å². The van der Waals surface area contributed by atoms with Crippen LogP contribution in [0.1, 0.15) is 5.56 Å². The maximum atomic E-state index is 13.6. The molecule has 1 N–H and O–H groups in total. The molecule has 0 heterocycles. The van der Waals surface area contributed by atoms with Gasteiger partial charge in [0.05, 0.1) is 22.7 Å². The van der Waals surface area contributed by atoms with Crippen molar-refractivity contribution in [3.05, 3.63) is 89.2 Å². The van der Waals surface area contributed by atoms with Gasteiger partial charge < -0.3 is 10.1 Å². The first-order valence-electron chi connectivity index (χ1n) is 9.74. The van der Waals surface area contributed by atoms with E-state index in [4.69, 9.17) is 16.3 Å². The van der Waals surface area contributed by atoms with Gasteiger partial charge in [-0.15, -0.1) is 0 Å². The molecule has 0 radical (unpaired) electrons. The number of hydrogen-bond acceptors (Lipinski definition) is 4. The van der Waals surface area contributed by atoms with Gasteiger partial charge in [0.2, 0.25) is 5.91 Å². The predicted octanol–water partition coefficient (Wildman–Crippen LogP) is 4.04. The molecule has 0 aliphatic carbocycles. The molecule has 0 atom stereocenters. The van der Waals surface area contributed by atoms with E-state index in [0.717, 1.165) is 21.7 Å². The Balaban J connectivity index is 1.76. The highest BCUT2D eigenvalue weighted by atomic mass is 35.5. The third-order valence-electron chi connectivity index (χ3n) is 4.70. The van der Waals surface area contributed by atoms with E-state index in [1.54, 1.807) is 25.3 Å². The average Bonchev–Trinajstić information content (AvgIpc) is 2.80. The Bertz CT molecular complexity index is 1170. The maximum Gasteiger partial charge on any atom is 0.264 e. The summed E-state index contributed by atoms with van der Waals surface area (Å²) in [6.07, 6.45) is 0.559. The zero-order valence-corrected chi connectivity index (χ0v) is 18.9. The van der Waals surface area contributed by atoms with Crippen LogP contribution in [0, 0.1) is 5.82 Å². The lowest BCUT2D eigenvalue weighted by molar-refractivity contribution is -0.119. The second-order valence-corrected chi connectivity index (χ2v) is 9.14. The van der Waals surface area contributed by atoms with Crippen molar-refractivity contribution in [1.29, 1.82) is 0 Å². The van der Waals surface area contributed by atoms with E-state index in [0.29, 0.717) is 13.0 Å². The van der Waals surface area contributed by atoms with E-state index < -0.39 is 28.3 Å². The summed E-state index contributed by atoms with van der Waals surface area (Å²) >= 11 is 5.86. The third-order valence-corrected chi connectivity index (χ3v) is 6.78. The van der Waals surface area contributed by atoms with Crippen molar-refractivity contribution in [2.24, 2.45) is 0 Å². The van der Waals surface area contributed by atoms with E-state index in [1.807, 2.05) is 24.3 Å². The second kappa shape index (κ2) is 10.5. The van der Waals surface area contributed by atoms with Gasteiger partial charge in [0, 0.05) is 6.54 Å². The summed E-state index contributed by atoms with van der Waals surface area (Å²) in [5.41, 5.74) is 1.08. The Morgan fingerprint density at radius 3 is 2.38 bits per heavy atom. The molecule has 0 unspecified atom stereocenters. The van der Waals surface area contributed by atoms with Gasteiger partial charge in [0.15, 0.2) is 0 Å². The zero-order valence-electron chi connectivity index (χ0n) is 17.3. The van der Waals surface area contributed by atoms with Gasteiger partial charge in [-0.3, -0.25) is 9.10 Å². The number of sulfonamides is 1. The minimum Gasteiger partial charge on any atom is -0.497 e. The second-order valence-electron chi connectivity index (χ2n) is 6.87. The molecule has 6 nitrogen and oxygen atoms in total. The first kappa shape index (κ1) is 23.6. The summed E-state index contributed by atoms with van der Waals surface area (Å²) in [4.78, 5) is 12.6. The Labute approximate surface area is 191 Å². The third kappa shape index (κ3) is 5.77. The van der Waals surface area contributed by atoms with E-state index in [-0.39, 0.29) is 15.6 Å². The van der Waals surface area contributed by atoms with E-state index in [2.05, 4.69) is 5.32 Å². The van der Waals surface area contributed by atoms with Gasteiger partial charge in [-0.2, -0.15) is 0 Å². The lowest BCUT2D eigenvalue weighted by atomic mass is 10.1. The topological polar surface area (TPSA) is 75.7 Å². The molecule has 0 saturated heterocycles. The summed E-state index contributed by atoms with van der Waals surface area (Å²) in [5.74, 6) is -0.451. The first-order chi connectivity index (χ1) is 15.3. The molecule has 1 amide bonds. The first-order valence-corrected chi connectivity index (χ1v) is 11.6. The van der Waals surface area contributed by atoms with Crippen molar-refractivity contribution in [3.8, 4) is 5.75 Å². The van der Waals surface area contributed by atoms with E-state index in [1.165, 1.54) is 24.3 Å². The van der Waals surface area contributed by atoms with Crippen LogP contribution in [0.15, 0.2) is 77.7 Å². The Morgan fingerprint density at radius 2 is 1.75 bits per heavy atom. The number of carbonyl (C=O) groups is 1. The van der Waals surface area contributed by atoms with Crippen LogP contribution in [0.4, 0.5) is 10.1 Å². The van der Waals surface area contributed by atoms with E-state index in [9.17, 15) is 17.6 Å². The number of methoxy groups -OCH3 is 1. The molecule has 0 aliphatic heterocycles. The van der Waals surface area contributed by atoms with Gasteiger partial charge in [-0.25, -0.2) is 12.8 Å². The van der Waals surface area contributed by atoms with Crippen LogP contribution in [0.3, 0.4) is 0 Å². The number of rotatable bonds is 9. The Morgan fingerprint density at radius 1 is 1.06 bits per heavy atom. The largest absolute Gasteiger partial charge is 0.497 e. The summed E-state index contributed by atoms with van der Waals surface area (Å²) < 4.78 is 46.1. The van der Waals surface area contributed by atoms with Crippen molar-refractivity contribution in [1.82, 2.24) is 5.32 Å². The number of hydrogen-bond donors (Lipinski definition) is 1. The molecule has 168 valence electrons. The number of anilines is 1. The summed E-state index contributed by atoms with van der Waals surface area (Å²) in [5, 5.41) is 2.49. The zero-order chi connectivity index (χ0) is 23.1. The predicted molar refractivity (Wildman–Crippen MR) is 122 cm³/mol. The quantitative estimate of drug-likeness (QED) is 0.505. The van der Waals surface area contributed by atoms with Crippen molar-refractivity contribution in [2.75, 3.05) is 24.5 Å². The van der Waals surface area contributed by atoms with Crippen LogP contribution in [0.25, 0.3) is 0 Å². The standard InChI is InChI=1S/C23H22ClFN2O4S/c1-31-19-10-7-17(8-11-19)13-14-26-23(28)16-27(18-9-12-22(25)21(24)15-18)32(29,30)20-5-3-2-4-6-20/h2-12,15H,13-14,16H2,1H3,(H,26,28). The maximum absolute atomic E-state index is 13.6. The van der Waals surface area contributed by atoms with Crippen LogP contribution < -0.4 is 14.4 Å². The fourth-order valence-corrected chi connectivity index (χ4v) is 4.61. The number of nitrogens with zero attached hydrogens (tertiary/aromatic N) is 1.